The number of aromatic nitrogens is 3. The van der Waals surface area contributed by atoms with E-state index in [1.807, 2.05) is 72.9 Å². The van der Waals surface area contributed by atoms with Gasteiger partial charge in [-0.3, -0.25) is 9.89 Å². The molecule has 34 heavy (non-hydrogen) atoms. The number of hydrazone groups is 1. The standard InChI is InChI=1S/C27H23N5O2/c33-27(32-29-18-21-17-28-24-9-5-4-8-23(21)24)26-16-25(30-31-26)20-10-12-22(13-11-20)34-15-14-19-6-2-1-3-7-19/h1-13,16-18,28H,14-15H2,(H,30,31)(H,32,33)/b29-18+. The van der Waals surface area contributed by atoms with Crippen LogP contribution in [0.5, 0.6) is 5.75 Å². The van der Waals surface area contributed by atoms with E-state index < -0.39 is 0 Å². The molecule has 0 unspecified atom stereocenters. The summed E-state index contributed by atoms with van der Waals surface area (Å²) in [7, 11) is 0. The molecule has 0 aliphatic rings. The summed E-state index contributed by atoms with van der Waals surface area (Å²) in [5.41, 5.74) is 7.57. The molecule has 2 heterocycles. The normalized spacial score (nSPS) is 11.2. The molecule has 0 aliphatic carbocycles. The number of amides is 1. The molecule has 5 aromatic rings. The number of rotatable bonds is 8. The van der Waals surface area contributed by atoms with Gasteiger partial charge in [0.1, 0.15) is 11.4 Å². The third-order valence-corrected chi connectivity index (χ3v) is 5.47. The predicted molar refractivity (Wildman–Crippen MR) is 133 cm³/mol. The number of fused-ring (bicyclic) bond motifs is 1. The van der Waals surface area contributed by atoms with Crippen molar-refractivity contribution in [2.45, 2.75) is 6.42 Å². The lowest BCUT2D eigenvalue weighted by molar-refractivity contribution is 0.0950. The average molecular weight is 450 g/mol. The van der Waals surface area contributed by atoms with Gasteiger partial charge >= 0.3 is 0 Å². The fraction of sp³-hybridized carbons (Fsp3) is 0.0741. The van der Waals surface area contributed by atoms with Crippen LogP contribution >= 0.6 is 0 Å². The first-order chi connectivity index (χ1) is 16.8. The maximum Gasteiger partial charge on any atom is 0.289 e. The Labute approximate surface area is 196 Å². The highest BCUT2D eigenvalue weighted by Gasteiger charge is 2.11. The van der Waals surface area contributed by atoms with Crippen LogP contribution in [-0.2, 0) is 6.42 Å². The van der Waals surface area contributed by atoms with E-state index in [1.165, 1.54) is 5.56 Å². The number of H-pyrrole nitrogens is 2. The molecule has 0 spiro atoms. The van der Waals surface area contributed by atoms with Gasteiger partial charge in [-0.25, -0.2) is 5.43 Å². The van der Waals surface area contributed by atoms with Gasteiger partial charge in [-0.1, -0.05) is 48.5 Å². The van der Waals surface area contributed by atoms with E-state index in [-0.39, 0.29) is 5.91 Å². The van der Waals surface area contributed by atoms with Crippen molar-refractivity contribution in [2.75, 3.05) is 6.61 Å². The second-order valence-electron chi connectivity index (χ2n) is 7.76. The minimum absolute atomic E-state index is 0.328. The fourth-order valence-corrected chi connectivity index (χ4v) is 3.66. The molecule has 1 amide bonds. The van der Waals surface area contributed by atoms with Gasteiger partial charge in [0, 0.05) is 34.6 Å². The van der Waals surface area contributed by atoms with Crippen molar-refractivity contribution < 1.29 is 9.53 Å². The third-order valence-electron chi connectivity index (χ3n) is 5.47. The van der Waals surface area contributed by atoms with Crippen LogP contribution in [0.1, 0.15) is 21.6 Å². The minimum atomic E-state index is -0.365. The van der Waals surface area contributed by atoms with Crippen molar-refractivity contribution in [2.24, 2.45) is 5.10 Å². The van der Waals surface area contributed by atoms with Gasteiger partial charge in [-0.05, 0) is 42.0 Å². The minimum Gasteiger partial charge on any atom is -0.493 e. The highest BCUT2D eigenvalue weighted by Crippen LogP contribution is 2.21. The molecule has 0 fully saturated rings. The van der Waals surface area contributed by atoms with Gasteiger partial charge in [0.05, 0.1) is 18.5 Å². The number of carbonyl (C=O) groups is 1. The molecular formula is C27H23N5O2. The lowest BCUT2D eigenvalue weighted by atomic mass is 10.1. The van der Waals surface area contributed by atoms with Gasteiger partial charge in [-0.2, -0.15) is 10.2 Å². The molecule has 7 nitrogen and oxygen atoms in total. The number of ether oxygens (including phenoxy) is 1. The molecule has 0 bridgehead atoms. The first-order valence-electron chi connectivity index (χ1n) is 11.0. The Morgan fingerprint density at radius 3 is 2.65 bits per heavy atom. The molecule has 0 saturated heterocycles. The van der Waals surface area contributed by atoms with E-state index in [4.69, 9.17) is 4.74 Å². The molecule has 7 heteroatoms. The van der Waals surface area contributed by atoms with Crippen molar-refractivity contribution in [3.05, 3.63) is 108 Å². The number of aromatic amines is 2. The zero-order chi connectivity index (χ0) is 23.2. The van der Waals surface area contributed by atoms with Crippen molar-refractivity contribution in [1.82, 2.24) is 20.6 Å². The molecule has 0 radical (unpaired) electrons. The summed E-state index contributed by atoms with van der Waals surface area (Å²) in [6.45, 7) is 0.606. The first-order valence-corrected chi connectivity index (χ1v) is 11.0. The number of hydrogen-bond donors (Lipinski definition) is 3. The Balaban J connectivity index is 1.16. The van der Waals surface area contributed by atoms with Crippen molar-refractivity contribution in [3.63, 3.8) is 0 Å². The zero-order valence-electron chi connectivity index (χ0n) is 18.4. The topological polar surface area (TPSA) is 95.2 Å². The number of hydrogen-bond acceptors (Lipinski definition) is 4. The van der Waals surface area contributed by atoms with Gasteiger partial charge in [0.25, 0.3) is 5.91 Å². The second-order valence-corrected chi connectivity index (χ2v) is 7.76. The highest BCUT2D eigenvalue weighted by atomic mass is 16.5. The summed E-state index contributed by atoms with van der Waals surface area (Å²) in [6, 6.07) is 27.5. The monoisotopic (exact) mass is 449 g/mol. The number of benzene rings is 3. The largest absolute Gasteiger partial charge is 0.493 e. The second kappa shape index (κ2) is 9.87. The molecule has 5 rings (SSSR count). The highest BCUT2D eigenvalue weighted by molar-refractivity contribution is 6.00. The zero-order valence-corrected chi connectivity index (χ0v) is 18.4. The van der Waals surface area contributed by atoms with Crippen LogP contribution in [0.15, 0.2) is 96.2 Å². The molecule has 0 atom stereocenters. The smallest absolute Gasteiger partial charge is 0.289 e. The Morgan fingerprint density at radius 2 is 1.79 bits per heavy atom. The summed E-state index contributed by atoms with van der Waals surface area (Å²) in [5, 5.41) is 12.1. The van der Waals surface area contributed by atoms with Gasteiger partial charge in [0.15, 0.2) is 0 Å². The molecule has 0 aliphatic heterocycles. The van der Waals surface area contributed by atoms with Gasteiger partial charge in [-0.15, -0.1) is 0 Å². The van der Waals surface area contributed by atoms with Crippen molar-refractivity contribution >= 4 is 23.0 Å². The predicted octanol–water partition coefficient (Wildman–Crippen LogP) is 4.94. The SMILES string of the molecule is O=C(N/N=C/c1c[nH]c2ccccc12)c1cc(-c2ccc(OCCc3ccccc3)cc2)n[nH]1. The average Bonchev–Trinajstić information content (AvgIpc) is 3.53. The molecule has 2 aromatic heterocycles. The van der Waals surface area contributed by atoms with Gasteiger partial charge < -0.3 is 9.72 Å². The lowest BCUT2D eigenvalue weighted by Crippen LogP contribution is -2.17. The van der Waals surface area contributed by atoms with E-state index in [2.05, 4.69) is 37.8 Å². The molecular weight excluding hydrogens is 426 g/mol. The van der Waals surface area contributed by atoms with E-state index in [9.17, 15) is 4.79 Å². The summed E-state index contributed by atoms with van der Waals surface area (Å²) in [5.74, 6) is 0.426. The van der Waals surface area contributed by atoms with E-state index in [0.29, 0.717) is 18.0 Å². The summed E-state index contributed by atoms with van der Waals surface area (Å²) >= 11 is 0. The number of nitrogens with zero attached hydrogens (tertiary/aromatic N) is 2. The Bertz CT molecular complexity index is 1420. The van der Waals surface area contributed by atoms with Crippen LogP contribution in [0, 0.1) is 0 Å². The molecule has 168 valence electrons. The number of carbonyl (C=O) groups excluding carboxylic acids is 1. The van der Waals surface area contributed by atoms with E-state index >= 15 is 0 Å². The van der Waals surface area contributed by atoms with Crippen LogP contribution in [0.4, 0.5) is 0 Å². The molecule has 3 aromatic carbocycles. The quantitative estimate of drug-likeness (QED) is 0.231. The van der Waals surface area contributed by atoms with Crippen LogP contribution in [0.2, 0.25) is 0 Å². The molecule has 3 N–H and O–H groups in total. The summed E-state index contributed by atoms with van der Waals surface area (Å²) < 4.78 is 5.84. The summed E-state index contributed by atoms with van der Waals surface area (Å²) in [6.07, 6.45) is 4.32. The Morgan fingerprint density at radius 1 is 1.00 bits per heavy atom. The maximum absolute atomic E-state index is 12.4. The Kier molecular flexibility index (Phi) is 6.16. The summed E-state index contributed by atoms with van der Waals surface area (Å²) in [4.78, 5) is 15.6. The number of para-hydroxylation sites is 1. The maximum atomic E-state index is 12.4. The third kappa shape index (κ3) is 4.88. The van der Waals surface area contributed by atoms with Crippen LogP contribution in [0.25, 0.3) is 22.2 Å². The number of nitrogens with one attached hydrogen (secondary N) is 3. The van der Waals surface area contributed by atoms with Gasteiger partial charge in [0.2, 0.25) is 0 Å². The van der Waals surface area contributed by atoms with Crippen molar-refractivity contribution in [1.29, 1.82) is 0 Å². The first kappa shape index (κ1) is 21.2. The van der Waals surface area contributed by atoms with E-state index in [0.717, 1.165) is 34.2 Å². The molecule has 0 saturated carbocycles. The lowest BCUT2D eigenvalue weighted by Gasteiger charge is -2.06. The van der Waals surface area contributed by atoms with Crippen LogP contribution in [-0.4, -0.2) is 33.9 Å². The van der Waals surface area contributed by atoms with E-state index in [1.54, 1.807) is 12.3 Å². The Hall–Kier alpha value is -4.65. The fourth-order valence-electron chi connectivity index (χ4n) is 3.66. The van der Waals surface area contributed by atoms with Crippen molar-refractivity contribution in [3.8, 4) is 17.0 Å². The van der Waals surface area contributed by atoms with Crippen LogP contribution in [0.3, 0.4) is 0 Å². The van der Waals surface area contributed by atoms with Crippen LogP contribution < -0.4 is 10.2 Å².